The molecule has 0 aliphatic heterocycles. The van der Waals surface area contributed by atoms with Crippen molar-refractivity contribution < 1.29 is 4.92 Å². The van der Waals surface area contributed by atoms with E-state index in [2.05, 4.69) is 19.9 Å². The summed E-state index contributed by atoms with van der Waals surface area (Å²) in [5.74, 6) is 0. The van der Waals surface area contributed by atoms with Crippen molar-refractivity contribution in [1.82, 2.24) is 19.9 Å². The van der Waals surface area contributed by atoms with Gasteiger partial charge in [0.25, 0.3) is 0 Å². The van der Waals surface area contributed by atoms with Gasteiger partial charge in [-0.3, -0.25) is 15.1 Å². The highest BCUT2D eigenvalue weighted by Gasteiger charge is 2.13. The number of halogens is 2. The highest BCUT2D eigenvalue weighted by molar-refractivity contribution is 5.87. The Morgan fingerprint density at radius 2 is 1.50 bits per heavy atom. The molecule has 4 N–H and O–H groups in total. The molecule has 0 radical (unpaired) electrons. The van der Waals surface area contributed by atoms with Crippen LogP contribution in [0.1, 0.15) is 0 Å². The lowest BCUT2D eigenvalue weighted by Gasteiger charge is -1.86. The van der Waals surface area contributed by atoms with Crippen LogP contribution in [0.4, 0.5) is 11.4 Å². The molecule has 0 bridgehead atoms. The molecule has 0 atom stereocenters. The van der Waals surface area contributed by atoms with Crippen molar-refractivity contribution in [3.8, 4) is 0 Å². The van der Waals surface area contributed by atoms with Crippen LogP contribution in [0, 0.1) is 10.1 Å². The van der Waals surface area contributed by atoms with Gasteiger partial charge in [-0.05, 0) is 24.3 Å². The lowest BCUT2D eigenvalue weighted by molar-refractivity contribution is -0.383. The third-order valence-corrected chi connectivity index (χ3v) is 3.08. The van der Waals surface area contributed by atoms with Crippen LogP contribution in [-0.2, 0) is 0 Å². The van der Waals surface area contributed by atoms with Gasteiger partial charge in [0.2, 0.25) is 0 Å². The minimum atomic E-state index is -0.453. The van der Waals surface area contributed by atoms with Gasteiger partial charge in [0.15, 0.2) is 5.52 Å². The highest BCUT2D eigenvalue weighted by Crippen LogP contribution is 2.21. The topological polar surface area (TPSA) is 127 Å². The number of nitrogens with one attached hydrogen (secondary N) is 2. The molecule has 8 nitrogen and oxygen atoms in total. The van der Waals surface area contributed by atoms with Crippen LogP contribution in [0.5, 0.6) is 0 Å². The van der Waals surface area contributed by atoms with Gasteiger partial charge in [0.05, 0.1) is 27.8 Å². The molecule has 10 heteroatoms. The van der Waals surface area contributed by atoms with Crippen molar-refractivity contribution in [2.75, 3.05) is 5.73 Å². The molecule has 0 amide bonds. The molecular weight excluding hydrogens is 355 g/mol. The van der Waals surface area contributed by atoms with Crippen LogP contribution in [-0.4, -0.2) is 24.9 Å². The SMILES string of the molecule is Cl.Cl.Nc1c[nH]c2cccnc12.O=[N+]([O-])c1c[nH]c2cccnc12. The smallest absolute Gasteiger partial charge is 0.312 e. The van der Waals surface area contributed by atoms with E-state index in [9.17, 15) is 10.1 Å². The molecule has 0 aliphatic rings. The second kappa shape index (κ2) is 8.14. The van der Waals surface area contributed by atoms with Gasteiger partial charge >= 0.3 is 5.69 Å². The Morgan fingerprint density at radius 1 is 0.958 bits per heavy atom. The first-order valence-corrected chi connectivity index (χ1v) is 6.41. The molecule has 0 aliphatic carbocycles. The number of anilines is 1. The van der Waals surface area contributed by atoms with E-state index in [1.165, 1.54) is 12.4 Å². The van der Waals surface area contributed by atoms with Crippen LogP contribution in [0.15, 0.2) is 49.1 Å². The number of hydrogen-bond donors (Lipinski definition) is 3. The molecular formula is C14H14Cl2N6O2. The van der Waals surface area contributed by atoms with Crippen LogP contribution < -0.4 is 5.73 Å². The fraction of sp³-hybridized carbons (Fsp3) is 0. The Morgan fingerprint density at radius 3 is 2.08 bits per heavy atom. The molecule has 4 rings (SSSR count). The number of aromatic nitrogens is 4. The van der Waals surface area contributed by atoms with E-state index in [1.54, 1.807) is 24.5 Å². The van der Waals surface area contributed by atoms with Gasteiger partial charge in [-0.25, -0.2) is 4.98 Å². The molecule has 0 saturated carbocycles. The third-order valence-electron chi connectivity index (χ3n) is 3.08. The molecule has 0 aromatic carbocycles. The summed E-state index contributed by atoms with van der Waals surface area (Å²) in [6, 6.07) is 7.29. The molecule has 4 aromatic heterocycles. The van der Waals surface area contributed by atoms with Crippen molar-refractivity contribution in [3.05, 3.63) is 59.2 Å². The zero-order valence-corrected chi connectivity index (χ0v) is 13.8. The van der Waals surface area contributed by atoms with Gasteiger partial charge in [-0.15, -0.1) is 24.8 Å². The van der Waals surface area contributed by atoms with E-state index in [0.717, 1.165) is 11.0 Å². The molecule has 0 saturated heterocycles. The lowest BCUT2D eigenvalue weighted by atomic mass is 10.4. The normalized spacial score (nSPS) is 9.50. The summed E-state index contributed by atoms with van der Waals surface area (Å²) in [4.78, 5) is 23.7. The van der Waals surface area contributed by atoms with E-state index in [1.807, 2.05) is 12.1 Å². The molecule has 4 heterocycles. The maximum Gasteiger partial charge on any atom is 0.312 e. The molecule has 24 heavy (non-hydrogen) atoms. The number of nitrogens with two attached hydrogens (primary N) is 1. The third kappa shape index (κ3) is 3.73. The number of hydrogen-bond acceptors (Lipinski definition) is 5. The van der Waals surface area contributed by atoms with E-state index >= 15 is 0 Å². The number of nitrogen functional groups attached to an aromatic ring is 1. The van der Waals surface area contributed by atoms with Crippen molar-refractivity contribution in [1.29, 1.82) is 0 Å². The Hall–Kier alpha value is -2.84. The average molecular weight is 369 g/mol. The first-order valence-electron chi connectivity index (χ1n) is 6.41. The first kappa shape index (κ1) is 19.2. The number of aromatic amines is 2. The number of nitrogens with zero attached hydrogens (tertiary/aromatic N) is 3. The fourth-order valence-corrected chi connectivity index (χ4v) is 2.06. The molecule has 4 aromatic rings. The second-order valence-electron chi connectivity index (χ2n) is 4.47. The zero-order chi connectivity index (χ0) is 15.5. The van der Waals surface area contributed by atoms with Crippen LogP contribution in [0.2, 0.25) is 0 Å². The minimum absolute atomic E-state index is 0. The van der Waals surface area contributed by atoms with Gasteiger partial charge in [0, 0.05) is 18.6 Å². The summed E-state index contributed by atoms with van der Waals surface area (Å²) < 4.78 is 0. The molecule has 0 unspecified atom stereocenters. The van der Waals surface area contributed by atoms with E-state index < -0.39 is 4.92 Å². The Balaban J connectivity index is 0.000000224. The molecule has 0 fully saturated rings. The number of H-pyrrole nitrogens is 2. The van der Waals surface area contributed by atoms with Crippen LogP contribution >= 0.6 is 24.8 Å². The maximum atomic E-state index is 10.4. The Labute approximate surface area is 148 Å². The monoisotopic (exact) mass is 368 g/mol. The Kier molecular flexibility index (Phi) is 6.51. The van der Waals surface area contributed by atoms with Crippen molar-refractivity contribution in [2.24, 2.45) is 0 Å². The summed E-state index contributed by atoms with van der Waals surface area (Å²) in [7, 11) is 0. The van der Waals surface area contributed by atoms with Crippen molar-refractivity contribution in [3.63, 3.8) is 0 Å². The molecule has 126 valence electrons. The van der Waals surface area contributed by atoms with Crippen LogP contribution in [0.25, 0.3) is 22.1 Å². The summed E-state index contributed by atoms with van der Waals surface area (Å²) in [6.45, 7) is 0. The lowest BCUT2D eigenvalue weighted by Crippen LogP contribution is -1.85. The van der Waals surface area contributed by atoms with Crippen molar-refractivity contribution >= 4 is 58.3 Å². The Bertz CT molecular complexity index is 952. The van der Waals surface area contributed by atoms with Gasteiger partial charge in [-0.2, -0.15) is 0 Å². The van der Waals surface area contributed by atoms with E-state index in [4.69, 9.17) is 5.73 Å². The first-order chi connectivity index (χ1) is 10.7. The quantitative estimate of drug-likeness (QED) is 0.350. The molecule has 0 spiro atoms. The predicted molar refractivity (Wildman–Crippen MR) is 97.8 cm³/mol. The van der Waals surface area contributed by atoms with E-state index in [0.29, 0.717) is 16.7 Å². The summed E-state index contributed by atoms with van der Waals surface area (Å²) in [5, 5.41) is 10.4. The maximum absolute atomic E-state index is 10.4. The summed E-state index contributed by atoms with van der Waals surface area (Å²) in [6.07, 6.45) is 6.35. The van der Waals surface area contributed by atoms with Gasteiger partial charge < -0.3 is 15.7 Å². The standard InChI is InChI=1S/C7H5N3O2.C7H7N3.2ClH/c11-10(12)6-4-9-5-2-1-3-8-7(5)6;8-5-4-10-6-2-1-3-9-7(5)6;;/h1-4,9H;1-4,10H,8H2;2*1H. The second-order valence-corrected chi connectivity index (χ2v) is 4.47. The summed E-state index contributed by atoms with van der Waals surface area (Å²) in [5.41, 5.74) is 9.23. The van der Waals surface area contributed by atoms with E-state index in [-0.39, 0.29) is 30.5 Å². The van der Waals surface area contributed by atoms with Crippen LogP contribution in [0.3, 0.4) is 0 Å². The number of nitro groups is 1. The van der Waals surface area contributed by atoms with Crippen molar-refractivity contribution in [2.45, 2.75) is 0 Å². The number of rotatable bonds is 1. The number of pyridine rings is 2. The largest absolute Gasteiger partial charge is 0.396 e. The number of fused-ring (bicyclic) bond motifs is 2. The predicted octanol–water partition coefficient (Wildman–Crippen LogP) is 3.46. The summed E-state index contributed by atoms with van der Waals surface area (Å²) >= 11 is 0. The van der Waals surface area contributed by atoms with Gasteiger partial charge in [-0.1, -0.05) is 0 Å². The average Bonchev–Trinajstić information content (AvgIpc) is 3.13. The minimum Gasteiger partial charge on any atom is -0.396 e. The van der Waals surface area contributed by atoms with Gasteiger partial charge in [0.1, 0.15) is 5.52 Å². The zero-order valence-electron chi connectivity index (χ0n) is 12.2. The fourth-order valence-electron chi connectivity index (χ4n) is 2.06. The highest BCUT2D eigenvalue weighted by atomic mass is 35.5.